The van der Waals surface area contributed by atoms with Gasteiger partial charge in [0.15, 0.2) is 0 Å². The molecule has 0 aliphatic heterocycles. The van der Waals surface area contributed by atoms with Crippen molar-refractivity contribution in [2.75, 3.05) is 5.73 Å². The van der Waals surface area contributed by atoms with E-state index in [1.165, 1.54) is 0 Å². The SMILES string of the molecule is Nc1c[nH]c2nc(Br)ccc12. The number of hydrogen-bond acceptors (Lipinski definition) is 2. The minimum absolute atomic E-state index is 0.736. The smallest absolute Gasteiger partial charge is 0.140 e. The molecule has 0 atom stereocenters. The average molecular weight is 212 g/mol. The van der Waals surface area contributed by atoms with Gasteiger partial charge in [0, 0.05) is 11.6 Å². The van der Waals surface area contributed by atoms with E-state index in [-0.39, 0.29) is 0 Å². The molecule has 0 amide bonds. The number of aromatic amines is 1. The molecule has 0 saturated carbocycles. The molecule has 2 heterocycles. The van der Waals surface area contributed by atoms with Crippen LogP contribution in [0.5, 0.6) is 0 Å². The minimum Gasteiger partial charge on any atom is -0.397 e. The van der Waals surface area contributed by atoms with Gasteiger partial charge in [-0.3, -0.25) is 0 Å². The molecular weight excluding hydrogens is 206 g/mol. The van der Waals surface area contributed by atoms with Crippen molar-refractivity contribution in [2.45, 2.75) is 0 Å². The van der Waals surface area contributed by atoms with Gasteiger partial charge in [0.1, 0.15) is 10.3 Å². The van der Waals surface area contributed by atoms with Crippen molar-refractivity contribution in [1.82, 2.24) is 9.97 Å². The molecule has 0 aliphatic rings. The summed E-state index contributed by atoms with van der Waals surface area (Å²) in [6.45, 7) is 0. The topological polar surface area (TPSA) is 54.7 Å². The van der Waals surface area contributed by atoms with Gasteiger partial charge in [-0.25, -0.2) is 4.98 Å². The van der Waals surface area contributed by atoms with Crippen LogP contribution < -0.4 is 5.73 Å². The van der Waals surface area contributed by atoms with Crippen molar-refractivity contribution in [3.63, 3.8) is 0 Å². The number of nitrogens with two attached hydrogens (primary N) is 1. The molecule has 2 aromatic rings. The molecule has 4 heteroatoms. The summed E-state index contributed by atoms with van der Waals surface area (Å²) in [6.07, 6.45) is 1.74. The van der Waals surface area contributed by atoms with Crippen molar-refractivity contribution >= 4 is 32.7 Å². The number of H-pyrrole nitrogens is 1. The quantitative estimate of drug-likeness (QED) is 0.655. The first-order valence-electron chi connectivity index (χ1n) is 3.16. The Kier molecular flexibility index (Phi) is 1.35. The Balaban J connectivity index is 2.86. The molecular formula is C7H6BrN3. The fourth-order valence-corrected chi connectivity index (χ4v) is 1.31. The van der Waals surface area contributed by atoms with Crippen molar-refractivity contribution < 1.29 is 0 Å². The van der Waals surface area contributed by atoms with E-state index in [0.717, 1.165) is 21.3 Å². The van der Waals surface area contributed by atoms with Gasteiger partial charge in [0.25, 0.3) is 0 Å². The van der Waals surface area contributed by atoms with Crippen molar-refractivity contribution in [1.29, 1.82) is 0 Å². The number of nitrogen functional groups attached to an aromatic ring is 1. The van der Waals surface area contributed by atoms with Crippen LogP contribution >= 0.6 is 15.9 Å². The van der Waals surface area contributed by atoms with E-state index in [1.807, 2.05) is 12.1 Å². The Labute approximate surface area is 71.7 Å². The number of anilines is 1. The first-order chi connectivity index (χ1) is 5.27. The number of aromatic nitrogens is 2. The standard InChI is InChI=1S/C7H6BrN3/c8-6-2-1-4-5(9)3-10-7(4)11-6/h1-3H,9H2,(H,10,11). The third-order valence-corrected chi connectivity index (χ3v) is 1.98. The highest BCUT2D eigenvalue weighted by Gasteiger charge is 1.99. The highest BCUT2D eigenvalue weighted by atomic mass is 79.9. The Morgan fingerprint density at radius 1 is 1.45 bits per heavy atom. The maximum Gasteiger partial charge on any atom is 0.140 e. The molecule has 0 fully saturated rings. The number of pyridine rings is 1. The van der Waals surface area contributed by atoms with Crippen LogP contribution in [0.3, 0.4) is 0 Å². The third-order valence-electron chi connectivity index (χ3n) is 1.54. The molecule has 11 heavy (non-hydrogen) atoms. The highest BCUT2D eigenvalue weighted by Crippen LogP contribution is 2.19. The fraction of sp³-hybridized carbons (Fsp3) is 0. The Hall–Kier alpha value is -1.03. The number of nitrogens with zero attached hydrogens (tertiary/aromatic N) is 1. The first kappa shape index (κ1) is 6.67. The summed E-state index contributed by atoms with van der Waals surface area (Å²) < 4.78 is 0.812. The average Bonchev–Trinajstić information content (AvgIpc) is 2.32. The van der Waals surface area contributed by atoms with Gasteiger partial charge in [0.05, 0.1) is 5.69 Å². The van der Waals surface area contributed by atoms with E-state index in [0.29, 0.717) is 0 Å². The molecule has 0 saturated heterocycles. The molecule has 2 rings (SSSR count). The van der Waals surface area contributed by atoms with E-state index in [1.54, 1.807) is 6.20 Å². The number of nitrogens with one attached hydrogen (secondary N) is 1. The van der Waals surface area contributed by atoms with E-state index in [2.05, 4.69) is 25.9 Å². The summed E-state index contributed by atoms with van der Waals surface area (Å²) >= 11 is 3.27. The zero-order valence-electron chi connectivity index (χ0n) is 5.63. The number of fused-ring (bicyclic) bond motifs is 1. The van der Waals surface area contributed by atoms with Gasteiger partial charge in [0.2, 0.25) is 0 Å². The second-order valence-electron chi connectivity index (χ2n) is 2.27. The molecule has 3 nitrogen and oxygen atoms in total. The Morgan fingerprint density at radius 3 is 3.09 bits per heavy atom. The van der Waals surface area contributed by atoms with E-state index >= 15 is 0 Å². The van der Waals surface area contributed by atoms with Crippen LogP contribution in [-0.2, 0) is 0 Å². The van der Waals surface area contributed by atoms with Crippen molar-refractivity contribution in [3.8, 4) is 0 Å². The van der Waals surface area contributed by atoms with Crippen LogP contribution in [0.1, 0.15) is 0 Å². The summed E-state index contributed by atoms with van der Waals surface area (Å²) in [4.78, 5) is 7.14. The number of hydrogen-bond donors (Lipinski definition) is 2. The predicted molar refractivity (Wildman–Crippen MR) is 48.2 cm³/mol. The van der Waals surface area contributed by atoms with Crippen LogP contribution in [0.4, 0.5) is 5.69 Å². The molecule has 0 spiro atoms. The van der Waals surface area contributed by atoms with Gasteiger partial charge in [-0.15, -0.1) is 0 Å². The monoisotopic (exact) mass is 211 g/mol. The zero-order valence-corrected chi connectivity index (χ0v) is 7.22. The van der Waals surface area contributed by atoms with Crippen LogP contribution in [0.2, 0.25) is 0 Å². The zero-order chi connectivity index (χ0) is 7.84. The third kappa shape index (κ3) is 0.991. The van der Waals surface area contributed by atoms with Gasteiger partial charge in [-0.2, -0.15) is 0 Å². The lowest BCUT2D eigenvalue weighted by Gasteiger charge is -1.90. The van der Waals surface area contributed by atoms with Gasteiger partial charge in [-0.05, 0) is 28.1 Å². The van der Waals surface area contributed by atoms with E-state index in [4.69, 9.17) is 5.73 Å². The molecule has 0 aliphatic carbocycles. The summed E-state index contributed by atoms with van der Waals surface area (Å²) in [6, 6.07) is 3.80. The Morgan fingerprint density at radius 2 is 2.27 bits per heavy atom. The molecule has 3 N–H and O–H groups in total. The lowest BCUT2D eigenvalue weighted by Crippen LogP contribution is -1.81. The van der Waals surface area contributed by atoms with Crippen molar-refractivity contribution in [2.24, 2.45) is 0 Å². The van der Waals surface area contributed by atoms with Crippen LogP contribution in [-0.4, -0.2) is 9.97 Å². The maximum atomic E-state index is 5.64. The van der Waals surface area contributed by atoms with Gasteiger partial charge >= 0.3 is 0 Å². The largest absolute Gasteiger partial charge is 0.397 e. The van der Waals surface area contributed by atoms with Crippen LogP contribution in [0.25, 0.3) is 11.0 Å². The highest BCUT2D eigenvalue weighted by molar-refractivity contribution is 9.10. The van der Waals surface area contributed by atoms with Crippen molar-refractivity contribution in [3.05, 3.63) is 22.9 Å². The van der Waals surface area contributed by atoms with E-state index in [9.17, 15) is 0 Å². The lowest BCUT2D eigenvalue weighted by molar-refractivity contribution is 1.29. The summed E-state index contributed by atoms with van der Waals surface area (Å²) in [5.74, 6) is 0. The number of halogens is 1. The molecule has 0 bridgehead atoms. The minimum atomic E-state index is 0.736. The van der Waals surface area contributed by atoms with E-state index < -0.39 is 0 Å². The fourth-order valence-electron chi connectivity index (χ4n) is 1.00. The summed E-state index contributed by atoms with van der Waals surface area (Å²) in [7, 11) is 0. The first-order valence-corrected chi connectivity index (χ1v) is 3.96. The summed E-state index contributed by atoms with van der Waals surface area (Å²) in [5, 5.41) is 0.966. The van der Waals surface area contributed by atoms with Gasteiger partial charge in [-0.1, -0.05) is 0 Å². The second-order valence-corrected chi connectivity index (χ2v) is 3.09. The number of rotatable bonds is 0. The van der Waals surface area contributed by atoms with Crippen LogP contribution in [0.15, 0.2) is 22.9 Å². The molecule has 0 unspecified atom stereocenters. The molecule has 0 radical (unpaired) electrons. The predicted octanol–water partition coefficient (Wildman–Crippen LogP) is 1.91. The maximum absolute atomic E-state index is 5.64. The molecule has 2 aromatic heterocycles. The lowest BCUT2D eigenvalue weighted by atomic mass is 10.3. The second kappa shape index (κ2) is 2.23. The van der Waals surface area contributed by atoms with Gasteiger partial charge < -0.3 is 10.7 Å². The molecule has 56 valence electrons. The molecule has 0 aromatic carbocycles. The Bertz CT molecular complexity index is 393. The van der Waals surface area contributed by atoms with Crippen LogP contribution in [0, 0.1) is 0 Å². The normalized spacial score (nSPS) is 10.6. The summed E-state index contributed by atoms with van der Waals surface area (Å²) in [5.41, 5.74) is 7.19.